The molecule has 1 unspecified atom stereocenters. The number of nitro groups is 1. The Morgan fingerprint density at radius 2 is 2.25 bits per heavy atom. The second-order valence-corrected chi connectivity index (χ2v) is 5.10. The molecule has 0 heterocycles. The minimum Gasteiger partial charge on any atom is -0.377 e. The van der Waals surface area contributed by atoms with Gasteiger partial charge in [-0.1, -0.05) is 15.9 Å². The molecule has 2 rings (SSSR count). The smallest absolute Gasteiger partial charge is 0.293 e. The van der Waals surface area contributed by atoms with Gasteiger partial charge in [0, 0.05) is 16.6 Å². The third-order valence-electron chi connectivity index (χ3n) is 2.87. The van der Waals surface area contributed by atoms with E-state index in [0.29, 0.717) is 17.6 Å². The van der Waals surface area contributed by atoms with Gasteiger partial charge < -0.3 is 5.32 Å². The molecule has 1 atom stereocenters. The second-order valence-electron chi connectivity index (χ2n) is 4.19. The number of anilines is 1. The lowest BCUT2D eigenvalue weighted by Gasteiger charge is -2.14. The van der Waals surface area contributed by atoms with Gasteiger partial charge in [-0.3, -0.25) is 10.1 Å². The van der Waals surface area contributed by atoms with Crippen molar-refractivity contribution in [2.24, 2.45) is 5.92 Å². The number of nitro benzene ring substituents is 1. The molecule has 0 aromatic heterocycles. The Labute approximate surface area is 102 Å². The standard InChI is InChI=1S/C11H13BrN2O2/c1-7(8-2-3-8)13-10-5-4-9(12)6-11(10)14(15)16/h4-8,13H,2-3H2,1H3. The number of benzene rings is 1. The van der Waals surface area contributed by atoms with E-state index < -0.39 is 0 Å². The molecule has 5 heteroatoms. The Hall–Kier alpha value is -1.10. The molecule has 1 aliphatic rings. The minimum absolute atomic E-state index is 0.127. The fraction of sp³-hybridized carbons (Fsp3) is 0.455. The van der Waals surface area contributed by atoms with Crippen molar-refractivity contribution < 1.29 is 4.92 Å². The van der Waals surface area contributed by atoms with Gasteiger partial charge in [0.15, 0.2) is 0 Å². The predicted octanol–water partition coefficient (Wildman–Crippen LogP) is 3.57. The summed E-state index contributed by atoms with van der Waals surface area (Å²) in [6, 6.07) is 5.40. The van der Waals surface area contributed by atoms with E-state index in [2.05, 4.69) is 28.2 Å². The maximum absolute atomic E-state index is 10.9. The van der Waals surface area contributed by atoms with Crippen molar-refractivity contribution in [2.75, 3.05) is 5.32 Å². The van der Waals surface area contributed by atoms with Crippen LogP contribution in [0.15, 0.2) is 22.7 Å². The summed E-state index contributed by atoms with van der Waals surface area (Å²) in [4.78, 5) is 10.5. The van der Waals surface area contributed by atoms with Gasteiger partial charge in [0.25, 0.3) is 5.69 Å². The predicted molar refractivity (Wildman–Crippen MR) is 66.6 cm³/mol. The lowest BCUT2D eigenvalue weighted by molar-refractivity contribution is -0.384. The molecule has 1 aromatic rings. The van der Waals surface area contributed by atoms with Gasteiger partial charge in [-0.25, -0.2) is 0 Å². The van der Waals surface area contributed by atoms with E-state index in [9.17, 15) is 10.1 Å². The van der Waals surface area contributed by atoms with E-state index in [4.69, 9.17) is 0 Å². The molecule has 1 aliphatic carbocycles. The van der Waals surface area contributed by atoms with Gasteiger partial charge >= 0.3 is 0 Å². The summed E-state index contributed by atoms with van der Waals surface area (Å²) >= 11 is 3.24. The van der Waals surface area contributed by atoms with Gasteiger partial charge in [0.2, 0.25) is 0 Å². The Bertz CT molecular complexity index is 418. The molecule has 0 saturated heterocycles. The van der Waals surface area contributed by atoms with E-state index in [-0.39, 0.29) is 10.6 Å². The molecule has 0 bridgehead atoms. The lowest BCUT2D eigenvalue weighted by atomic mass is 10.2. The van der Waals surface area contributed by atoms with Crippen LogP contribution in [-0.4, -0.2) is 11.0 Å². The van der Waals surface area contributed by atoms with Crippen LogP contribution >= 0.6 is 15.9 Å². The number of halogens is 1. The van der Waals surface area contributed by atoms with Crippen molar-refractivity contribution in [1.29, 1.82) is 0 Å². The van der Waals surface area contributed by atoms with Crippen molar-refractivity contribution in [2.45, 2.75) is 25.8 Å². The maximum atomic E-state index is 10.9. The van der Waals surface area contributed by atoms with Crippen molar-refractivity contribution in [1.82, 2.24) is 0 Å². The van der Waals surface area contributed by atoms with Crippen LogP contribution in [-0.2, 0) is 0 Å². The largest absolute Gasteiger partial charge is 0.377 e. The molecule has 0 aliphatic heterocycles. The van der Waals surface area contributed by atoms with Gasteiger partial charge in [-0.2, -0.15) is 0 Å². The van der Waals surface area contributed by atoms with Gasteiger partial charge in [0.1, 0.15) is 5.69 Å². The van der Waals surface area contributed by atoms with E-state index in [1.54, 1.807) is 6.07 Å². The summed E-state index contributed by atoms with van der Waals surface area (Å²) in [6.07, 6.45) is 2.44. The zero-order valence-corrected chi connectivity index (χ0v) is 10.5. The fourth-order valence-electron chi connectivity index (χ4n) is 1.74. The summed E-state index contributed by atoms with van der Waals surface area (Å²) in [5.41, 5.74) is 0.731. The van der Waals surface area contributed by atoms with Crippen LogP contribution in [0.3, 0.4) is 0 Å². The lowest BCUT2D eigenvalue weighted by Crippen LogP contribution is -2.18. The second kappa shape index (κ2) is 4.41. The zero-order chi connectivity index (χ0) is 11.7. The monoisotopic (exact) mass is 284 g/mol. The summed E-state index contributed by atoms with van der Waals surface area (Å²) in [5.74, 6) is 0.670. The average Bonchev–Trinajstić information content (AvgIpc) is 3.03. The van der Waals surface area contributed by atoms with Crippen LogP contribution in [0.2, 0.25) is 0 Å². The average molecular weight is 285 g/mol. The van der Waals surface area contributed by atoms with Crippen molar-refractivity contribution in [3.05, 3.63) is 32.8 Å². The molecule has 4 nitrogen and oxygen atoms in total. The number of nitrogens with one attached hydrogen (secondary N) is 1. The van der Waals surface area contributed by atoms with Gasteiger partial charge in [-0.15, -0.1) is 0 Å². The molecule has 1 N–H and O–H groups in total. The number of hydrogen-bond acceptors (Lipinski definition) is 3. The highest BCUT2D eigenvalue weighted by atomic mass is 79.9. The van der Waals surface area contributed by atoms with Crippen LogP contribution in [0.25, 0.3) is 0 Å². The van der Waals surface area contributed by atoms with Crippen LogP contribution in [0.5, 0.6) is 0 Å². The fourth-order valence-corrected chi connectivity index (χ4v) is 2.09. The van der Waals surface area contributed by atoms with Crippen LogP contribution < -0.4 is 5.32 Å². The van der Waals surface area contributed by atoms with E-state index in [0.717, 1.165) is 4.47 Å². The highest BCUT2D eigenvalue weighted by Crippen LogP contribution is 2.36. The van der Waals surface area contributed by atoms with Crippen molar-refractivity contribution in [3.63, 3.8) is 0 Å². The summed E-state index contributed by atoms with van der Waals surface area (Å²) in [5, 5.41) is 14.1. The highest BCUT2D eigenvalue weighted by Gasteiger charge is 2.29. The molecule has 1 aromatic carbocycles. The molecule has 16 heavy (non-hydrogen) atoms. The first kappa shape index (κ1) is 11.4. The molecule has 0 amide bonds. The Morgan fingerprint density at radius 1 is 1.56 bits per heavy atom. The first-order valence-corrected chi connectivity index (χ1v) is 6.07. The highest BCUT2D eigenvalue weighted by molar-refractivity contribution is 9.10. The number of hydrogen-bond donors (Lipinski definition) is 1. The van der Waals surface area contributed by atoms with Crippen molar-refractivity contribution in [3.8, 4) is 0 Å². The third-order valence-corrected chi connectivity index (χ3v) is 3.36. The van der Waals surface area contributed by atoms with Crippen LogP contribution in [0.4, 0.5) is 11.4 Å². The summed E-state index contributed by atoms with van der Waals surface area (Å²) in [7, 11) is 0. The third kappa shape index (κ3) is 2.52. The zero-order valence-electron chi connectivity index (χ0n) is 8.94. The Balaban J connectivity index is 2.21. The normalized spacial score (nSPS) is 16.9. The van der Waals surface area contributed by atoms with Gasteiger partial charge in [-0.05, 0) is 37.8 Å². The topological polar surface area (TPSA) is 55.2 Å². The molecule has 1 fully saturated rings. The molecule has 86 valence electrons. The first-order chi connectivity index (χ1) is 7.58. The maximum Gasteiger partial charge on any atom is 0.293 e. The van der Waals surface area contributed by atoms with E-state index in [1.807, 2.05) is 6.07 Å². The Kier molecular flexibility index (Phi) is 3.14. The quantitative estimate of drug-likeness (QED) is 0.679. The van der Waals surface area contributed by atoms with Crippen molar-refractivity contribution >= 4 is 27.3 Å². The minimum atomic E-state index is -0.354. The molecule has 1 saturated carbocycles. The number of rotatable bonds is 4. The van der Waals surface area contributed by atoms with E-state index in [1.165, 1.54) is 18.9 Å². The van der Waals surface area contributed by atoms with Crippen LogP contribution in [0, 0.1) is 16.0 Å². The Morgan fingerprint density at radius 3 is 2.81 bits per heavy atom. The first-order valence-electron chi connectivity index (χ1n) is 5.28. The molecule has 0 radical (unpaired) electrons. The molecule has 0 spiro atoms. The van der Waals surface area contributed by atoms with E-state index >= 15 is 0 Å². The summed E-state index contributed by atoms with van der Waals surface area (Å²) < 4.78 is 0.726. The molecular formula is C11H13BrN2O2. The SMILES string of the molecule is CC(Nc1ccc(Br)cc1[N+](=O)[O-])C1CC1. The van der Waals surface area contributed by atoms with Gasteiger partial charge in [0.05, 0.1) is 4.92 Å². The summed E-state index contributed by atoms with van der Waals surface area (Å²) in [6.45, 7) is 2.07. The van der Waals surface area contributed by atoms with Crippen LogP contribution in [0.1, 0.15) is 19.8 Å². The number of nitrogens with zero attached hydrogens (tertiary/aromatic N) is 1. The molecular weight excluding hydrogens is 272 g/mol.